The minimum absolute atomic E-state index is 0.0311. The molecular formula is C26H24N4O6S. The van der Waals surface area contributed by atoms with Crippen LogP contribution in [0.15, 0.2) is 90.1 Å². The Hall–Kier alpha value is -4.22. The van der Waals surface area contributed by atoms with E-state index in [-0.39, 0.29) is 23.4 Å². The quantitative estimate of drug-likeness (QED) is 0.165. The number of aromatic nitrogens is 3. The van der Waals surface area contributed by atoms with Crippen LogP contribution in [0.3, 0.4) is 0 Å². The highest BCUT2D eigenvalue weighted by Gasteiger charge is 2.29. The SMILES string of the molecule is CCn1nc(-c2ccncc2)cc1CC(=O)[C@@H](Cc1ccccc1)OS(=O)(=O)c1ccc([N+](=O)[O-])cc1. The number of carbonyl (C=O) groups is 1. The fourth-order valence-corrected chi connectivity index (χ4v) is 4.86. The highest BCUT2D eigenvalue weighted by Crippen LogP contribution is 2.23. The first-order valence-corrected chi connectivity index (χ1v) is 12.9. The molecule has 0 aliphatic rings. The molecule has 2 aromatic carbocycles. The van der Waals surface area contributed by atoms with Gasteiger partial charge in [0.05, 0.1) is 21.9 Å². The zero-order valence-corrected chi connectivity index (χ0v) is 20.7. The van der Waals surface area contributed by atoms with E-state index in [0.717, 1.165) is 35.4 Å². The van der Waals surface area contributed by atoms with Crippen LogP contribution in [0.1, 0.15) is 18.2 Å². The van der Waals surface area contributed by atoms with Crippen molar-refractivity contribution in [1.29, 1.82) is 0 Å². The van der Waals surface area contributed by atoms with Gasteiger partial charge in [-0.25, -0.2) is 0 Å². The smallest absolute Gasteiger partial charge is 0.296 e. The molecule has 2 aromatic heterocycles. The van der Waals surface area contributed by atoms with Crippen LogP contribution in [0.2, 0.25) is 0 Å². The molecule has 4 aromatic rings. The van der Waals surface area contributed by atoms with Crippen LogP contribution in [-0.2, 0) is 38.5 Å². The molecule has 0 N–H and O–H groups in total. The lowest BCUT2D eigenvalue weighted by Gasteiger charge is -2.17. The topological polar surface area (TPSA) is 134 Å². The second-order valence-electron chi connectivity index (χ2n) is 8.20. The Bertz CT molecular complexity index is 1490. The predicted octanol–water partition coefficient (Wildman–Crippen LogP) is 4.00. The molecule has 0 bridgehead atoms. The third kappa shape index (κ3) is 6.32. The Kier molecular flexibility index (Phi) is 7.85. The highest BCUT2D eigenvalue weighted by molar-refractivity contribution is 7.86. The summed E-state index contributed by atoms with van der Waals surface area (Å²) < 4.78 is 33.2. The van der Waals surface area contributed by atoms with Crippen LogP contribution in [-0.4, -0.2) is 40.0 Å². The van der Waals surface area contributed by atoms with Crippen molar-refractivity contribution in [2.24, 2.45) is 0 Å². The number of aryl methyl sites for hydroxylation is 1. The Morgan fingerprint density at radius 3 is 2.35 bits per heavy atom. The summed E-state index contributed by atoms with van der Waals surface area (Å²) in [6.07, 6.45) is 1.92. The number of nitro benzene ring substituents is 1. The first kappa shape index (κ1) is 25.9. The van der Waals surface area contributed by atoms with Gasteiger partial charge in [-0.3, -0.25) is 28.8 Å². The Labute approximate surface area is 213 Å². The number of ketones is 1. The summed E-state index contributed by atoms with van der Waals surface area (Å²) in [5, 5.41) is 15.5. The van der Waals surface area contributed by atoms with Gasteiger partial charge in [0.1, 0.15) is 6.10 Å². The normalized spacial score (nSPS) is 12.2. The molecule has 190 valence electrons. The fraction of sp³-hybridized carbons (Fsp3) is 0.192. The van der Waals surface area contributed by atoms with Crippen molar-refractivity contribution in [2.75, 3.05) is 0 Å². The molecule has 10 nitrogen and oxygen atoms in total. The Balaban J connectivity index is 1.61. The third-order valence-corrected chi connectivity index (χ3v) is 7.03. The van der Waals surface area contributed by atoms with Crippen LogP contribution in [0.25, 0.3) is 11.3 Å². The van der Waals surface area contributed by atoms with Crippen LogP contribution < -0.4 is 0 Å². The average molecular weight is 521 g/mol. The lowest BCUT2D eigenvalue weighted by Crippen LogP contribution is -2.31. The number of non-ortho nitro benzene ring substituents is 1. The van der Waals surface area contributed by atoms with Gasteiger partial charge in [-0.05, 0) is 42.8 Å². The van der Waals surface area contributed by atoms with E-state index in [1.54, 1.807) is 47.4 Å². The lowest BCUT2D eigenvalue weighted by atomic mass is 10.0. The van der Waals surface area contributed by atoms with E-state index in [1.807, 2.05) is 25.1 Å². The minimum atomic E-state index is -4.39. The number of nitrogens with zero attached hydrogens (tertiary/aromatic N) is 4. The molecule has 0 saturated heterocycles. The Morgan fingerprint density at radius 2 is 1.73 bits per heavy atom. The van der Waals surface area contributed by atoms with Crippen molar-refractivity contribution in [1.82, 2.24) is 14.8 Å². The summed E-state index contributed by atoms with van der Waals surface area (Å²) in [6.45, 7) is 2.41. The maximum Gasteiger partial charge on any atom is 0.297 e. The number of hydrogen-bond donors (Lipinski definition) is 0. The number of carbonyl (C=O) groups excluding carboxylic acids is 1. The fourth-order valence-electron chi connectivity index (χ4n) is 3.80. The molecule has 2 heterocycles. The number of benzene rings is 2. The molecule has 4 rings (SSSR count). The van der Waals surface area contributed by atoms with Crippen LogP contribution in [0.5, 0.6) is 0 Å². The van der Waals surface area contributed by atoms with Gasteiger partial charge in [0.2, 0.25) is 0 Å². The second-order valence-corrected chi connectivity index (χ2v) is 9.77. The van der Waals surface area contributed by atoms with E-state index in [2.05, 4.69) is 10.1 Å². The third-order valence-electron chi connectivity index (χ3n) is 5.70. The van der Waals surface area contributed by atoms with Crippen molar-refractivity contribution in [3.05, 3.63) is 107 Å². The summed E-state index contributed by atoms with van der Waals surface area (Å²) in [6, 6.07) is 18.7. The van der Waals surface area contributed by atoms with Gasteiger partial charge in [-0.15, -0.1) is 0 Å². The first-order valence-electron chi connectivity index (χ1n) is 11.5. The van der Waals surface area contributed by atoms with Crippen molar-refractivity contribution < 1.29 is 22.3 Å². The summed E-state index contributed by atoms with van der Waals surface area (Å²) in [4.78, 5) is 27.5. The van der Waals surface area contributed by atoms with Gasteiger partial charge in [0, 0.05) is 48.7 Å². The maximum absolute atomic E-state index is 13.5. The molecule has 0 saturated carbocycles. The van der Waals surface area contributed by atoms with Gasteiger partial charge >= 0.3 is 0 Å². The molecule has 37 heavy (non-hydrogen) atoms. The maximum atomic E-state index is 13.5. The highest BCUT2D eigenvalue weighted by atomic mass is 32.2. The zero-order chi connectivity index (χ0) is 26.4. The molecule has 11 heteroatoms. The molecule has 0 aliphatic carbocycles. The number of hydrogen-bond acceptors (Lipinski definition) is 8. The van der Waals surface area contributed by atoms with Gasteiger partial charge in [-0.2, -0.15) is 13.5 Å². The largest absolute Gasteiger partial charge is 0.297 e. The van der Waals surface area contributed by atoms with Crippen LogP contribution >= 0.6 is 0 Å². The summed E-state index contributed by atoms with van der Waals surface area (Å²) in [5.74, 6) is -0.440. The number of rotatable bonds is 11. The predicted molar refractivity (Wildman–Crippen MR) is 135 cm³/mol. The molecular weight excluding hydrogens is 496 g/mol. The lowest BCUT2D eigenvalue weighted by molar-refractivity contribution is -0.384. The number of nitro groups is 1. The van der Waals surface area contributed by atoms with Gasteiger partial charge in [-0.1, -0.05) is 30.3 Å². The van der Waals surface area contributed by atoms with Gasteiger partial charge < -0.3 is 0 Å². The van der Waals surface area contributed by atoms with E-state index in [4.69, 9.17) is 4.18 Å². The van der Waals surface area contributed by atoms with Crippen LogP contribution in [0, 0.1) is 10.1 Å². The Morgan fingerprint density at radius 1 is 1.05 bits per heavy atom. The van der Waals surface area contributed by atoms with Crippen molar-refractivity contribution in [3.63, 3.8) is 0 Å². The van der Waals surface area contributed by atoms with Crippen molar-refractivity contribution >= 4 is 21.6 Å². The average Bonchev–Trinajstić information content (AvgIpc) is 3.32. The molecule has 1 atom stereocenters. The summed E-state index contributed by atoms with van der Waals surface area (Å²) in [7, 11) is -4.39. The summed E-state index contributed by atoms with van der Waals surface area (Å²) >= 11 is 0. The first-order chi connectivity index (χ1) is 17.8. The monoisotopic (exact) mass is 520 g/mol. The summed E-state index contributed by atoms with van der Waals surface area (Å²) in [5.41, 5.74) is 2.60. The molecule has 0 fully saturated rings. The molecule has 0 spiro atoms. The zero-order valence-electron chi connectivity index (χ0n) is 19.9. The minimum Gasteiger partial charge on any atom is -0.296 e. The second kappa shape index (κ2) is 11.2. The number of Topliss-reactive ketones (excluding diaryl/α,β-unsaturated/α-hetero) is 1. The molecule has 0 amide bonds. The van der Waals surface area contributed by atoms with Gasteiger partial charge in [0.15, 0.2) is 5.78 Å². The van der Waals surface area contributed by atoms with Crippen molar-refractivity contribution in [2.45, 2.75) is 37.3 Å². The number of pyridine rings is 1. The standard InChI is InChI=1S/C26H24N4O6S/c1-2-29-22(17-24(28-29)20-12-14-27-15-13-20)18-25(31)26(16-19-6-4-3-5-7-19)36-37(34,35)23-10-8-21(9-11-23)30(32)33/h3-15,17,26H,2,16,18H2,1H3/t26-/m1/s1. The molecule has 0 unspecified atom stereocenters. The molecule has 0 aliphatic heterocycles. The van der Waals surface area contributed by atoms with Crippen molar-refractivity contribution in [3.8, 4) is 11.3 Å². The van der Waals surface area contributed by atoms with E-state index >= 15 is 0 Å². The van der Waals surface area contributed by atoms with E-state index in [1.165, 1.54) is 0 Å². The molecule has 0 radical (unpaired) electrons. The van der Waals surface area contributed by atoms with E-state index in [0.29, 0.717) is 17.9 Å². The van der Waals surface area contributed by atoms with Crippen LogP contribution in [0.4, 0.5) is 5.69 Å². The van der Waals surface area contributed by atoms with Gasteiger partial charge in [0.25, 0.3) is 15.8 Å². The van der Waals surface area contributed by atoms with E-state index in [9.17, 15) is 23.3 Å². The van der Waals surface area contributed by atoms with E-state index < -0.39 is 26.9 Å².